The van der Waals surface area contributed by atoms with Gasteiger partial charge >= 0.3 is 23.1 Å². The molecule has 0 spiro atoms. The topological polar surface area (TPSA) is 124 Å². The van der Waals surface area contributed by atoms with Gasteiger partial charge < -0.3 is 33.4 Å². The molecule has 0 bridgehead atoms. The third-order valence-electron chi connectivity index (χ3n) is 4.48. The van der Waals surface area contributed by atoms with Crippen molar-refractivity contribution in [2.75, 3.05) is 25.6 Å². The Morgan fingerprint density at radius 2 is 1.47 bits per heavy atom. The van der Waals surface area contributed by atoms with E-state index in [2.05, 4.69) is 21.0 Å². The minimum absolute atomic E-state index is 0. The number of hydrogen-bond acceptors (Lipinski definition) is 7. The molecule has 38 heavy (non-hydrogen) atoms. The van der Waals surface area contributed by atoms with E-state index in [-0.39, 0.29) is 74.0 Å². The fourth-order valence-electron chi connectivity index (χ4n) is 2.60. The van der Waals surface area contributed by atoms with Crippen LogP contribution in [0.1, 0.15) is 26.4 Å². The molecule has 0 radical (unpaired) electrons. The Morgan fingerprint density at radius 3 is 1.92 bits per heavy atom. The second-order valence-electron chi connectivity index (χ2n) is 6.95. The van der Waals surface area contributed by atoms with Crippen LogP contribution in [0.5, 0.6) is 0 Å². The summed E-state index contributed by atoms with van der Waals surface area (Å²) in [6.45, 7) is 0. The van der Waals surface area contributed by atoms with E-state index < -0.39 is 17.5 Å². The Hall–Kier alpha value is -3.45. The molecule has 2 aromatic heterocycles. The maximum atomic E-state index is 13.0. The maximum Gasteiger partial charge on any atom is 2.00 e. The summed E-state index contributed by atoms with van der Waals surface area (Å²) in [4.78, 5) is 35.6. The van der Waals surface area contributed by atoms with Crippen LogP contribution in [0.3, 0.4) is 0 Å². The SMILES string of the molecule is CON(C)C(=O)c1cc(F)ccc1N.Nc1ccc(F)cc1C(=O)c1ccccn1.[Br-].[Mg+2].[c-]1ccccn1. The first-order valence-corrected chi connectivity index (χ1v) is 10.4. The maximum absolute atomic E-state index is 13.0. The molecule has 2 heterocycles. The summed E-state index contributed by atoms with van der Waals surface area (Å²) < 4.78 is 25.8. The van der Waals surface area contributed by atoms with Crippen molar-refractivity contribution in [3.05, 3.63) is 120 Å². The van der Waals surface area contributed by atoms with E-state index in [1.807, 2.05) is 12.1 Å². The number of carbonyl (C=O) groups is 2. The van der Waals surface area contributed by atoms with Gasteiger partial charge in [-0.05, 0) is 48.5 Å². The van der Waals surface area contributed by atoms with Crippen LogP contribution in [0, 0.1) is 17.8 Å². The molecule has 0 fully saturated rings. The van der Waals surface area contributed by atoms with Gasteiger partial charge in [0.1, 0.15) is 17.3 Å². The smallest absolute Gasteiger partial charge is 1.00 e. The monoisotopic (exact) mass is 595 g/mol. The summed E-state index contributed by atoms with van der Waals surface area (Å²) in [6.07, 6.45) is 5.84. The van der Waals surface area contributed by atoms with Crippen molar-refractivity contribution < 1.29 is 40.2 Å². The van der Waals surface area contributed by atoms with Gasteiger partial charge in [-0.1, -0.05) is 18.5 Å². The number of benzene rings is 2. The number of aromatic nitrogens is 2. The van der Waals surface area contributed by atoms with Crippen LogP contribution in [-0.4, -0.2) is 63.9 Å². The third kappa shape index (κ3) is 10.9. The Labute approximate surface area is 245 Å². The van der Waals surface area contributed by atoms with Gasteiger partial charge in [0.15, 0.2) is 0 Å². The summed E-state index contributed by atoms with van der Waals surface area (Å²) in [5, 5.41) is 0.977. The van der Waals surface area contributed by atoms with Gasteiger partial charge in [-0.15, -0.1) is 0 Å². The number of amides is 1. The zero-order valence-corrected chi connectivity index (χ0v) is 23.6. The zero-order chi connectivity index (χ0) is 26.5. The second kappa shape index (κ2) is 17.9. The van der Waals surface area contributed by atoms with Crippen LogP contribution in [0.25, 0.3) is 0 Å². The van der Waals surface area contributed by atoms with E-state index in [1.54, 1.807) is 30.5 Å². The molecule has 12 heteroatoms. The quantitative estimate of drug-likeness (QED) is 0.116. The van der Waals surface area contributed by atoms with Gasteiger partial charge in [-0.3, -0.25) is 19.4 Å². The van der Waals surface area contributed by atoms with Crippen LogP contribution in [0.15, 0.2) is 85.2 Å². The fourth-order valence-corrected chi connectivity index (χ4v) is 2.60. The van der Waals surface area contributed by atoms with Crippen molar-refractivity contribution >= 4 is 46.1 Å². The van der Waals surface area contributed by atoms with Crippen LogP contribution in [0.4, 0.5) is 20.2 Å². The summed E-state index contributed by atoms with van der Waals surface area (Å²) in [7, 11) is 2.76. The molecule has 4 aromatic rings. The van der Waals surface area contributed by atoms with Crippen LogP contribution in [-0.2, 0) is 4.84 Å². The van der Waals surface area contributed by atoms with E-state index in [4.69, 9.17) is 11.5 Å². The largest absolute Gasteiger partial charge is 2.00 e. The minimum Gasteiger partial charge on any atom is -1.00 e. The first-order chi connectivity index (χ1) is 17.2. The minimum atomic E-state index is -0.507. The molecule has 1 amide bonds. The van der Waals surface area contributed by atoms with Gasteiger partial charge in [-0.25, -0.2) is 13.8 Å². The number of rotatable bonds is 4. The molecular weight excluding hydrogens is 573 g/mol. The van der Waals surface area contributed by atoms with Crippen molar-refractivity contribution in [3.8, 4) is 0 Å². The standard InChI is InChI=1S/C12H9FN2O.C9H11FN2O2.C5H4N.BrH.Mg/c13-8-4-5-10(14)9(7-8)12(16)11-3-1-2-6-15-11;1-12(14-2)9(13)7-5-6(10)3-4-8(7)11;1-2-4-6-5-3-1;;/h1-7H,14H2;3-5H,11H2,1-2H3;1-4H;1H;/q;;-1;;+2/p-1. The molecule has 0 aliphatic carbocycles. The van der Waals surface area contributed by atoms with Crippen molar-refractivity contribution in [2.24, 2.45) is 0 Å². The first-order valence-electron chi connectivity index (χ1n) is 10.4. The first kappa shape index (κ1) is 34.5. The molecule has 0 unspecified atom stereocenters. The van der Waals surface area contributed by atoms with E-state index in [1.165, 1.54) is 44.6 Å². The van der Waals surface area contributed by atoms with Gasteiger partial charge in [0.05, 0.1) is 18.2 Å². The van der Waals surface area contributed by atoms with Crippen molar-refractivity contribution in [3.63, 3.8) is 0 Å². The number of halogens is 3. The molecule has 0 aliphatic heterocycles. The number of ketones is 1. The summed E-state index contributed by atoms with van der Waals surface area (Å²) in [6, 6.07) is 17.8. The Balaban J connectivity index is 0.000000571. The normalized spacial score (nSPS) is 9.16. The molecular formula is C26H24BrF2MgN5O3. The fraction of sp³-hybridized carbons (Fsp3) is 0.0769. The summed E-state index contributed by atoms with van der Waals surface area (Å²) >= 11 is 0. The molecule has 0 saturated heterocycles. The number of pyridine rings is 2. The average Bonchev–Trinajstić information content (AvgIpc) is 2.92. The van der Waals surface area contributed by atoms with Crippen LogP contribution in [0.2, 0.25) is 0 Å². The van der Waals surface area contributed by atoms with Gasteiger partial charge in [0, 0.05) is 24.6 Å². The molecule has 0 atom stereocenters. The summed E-state index contributed by atoms with van der Waals surface area (Å²) in [5.41, 5.74) is 12.1. The van der Waals surface area contributed by atoms with E-state index >= 15 is 0 Å². The van der Waals surface area contributed by atoms with Gasteiger partial charge in [0.25, 0.3) is 5.91 Å². The number of anilines is 2. The van der Waals surface area contributed by atoms with E-state index in [0.29, 0.717) is 0 Å². The Bertz CT molecular complexity index is 1260. The zero-order valence-electron chi connectivity index (χ0n) is 20.6. The summed E-state index contributed by atoms with van der Waals surface area (Å²) in [5.74, 6) is -1.86. The van der Waals surface area contributed by atoms with E-state index in [9.17, 15) is 18.4 Å². The molecule has 0 aliphatic rings. The number of carbonyl (C=O) groups excluding carboxylic acids is 2. The van der Waals surface area contributed by atoms with Crippen molar-refractivity contribution in [1.82, 2.24) is 15.0 Å². The van der Waals surface area contributed by atoms with E-state index in [0.717, 1.165) is 17.2 Å². The van der Waals surface area contributed by atoms with Gasteiger partial charge in [0.2, 0.25) is 5.78 Å². The van der Waals surface area contributed by atoms with Crippen LogP contribution < -0.4 is 28.4 Å². The van der Waals surface area contributed by atoms with Crippen molar-refractivity contribution in [2.45, 2.75) is 0 Å². The Kier molecular flexibility index (Phi) is 16.3. The third-order valence-corrected chi connectivity index (χ3v) is 4.48. The predicted octanol–water partition coefficient (Wildman–Crippen LogP) is 0.580. The molecule has 2 aromatic carbocycles. The molecule has 4 N–H and O–H groups in total. The number of nitrogens with two attached hydrogens (primary N) is 2. The Morgan fingerprint density at radius 1 is 0.895 bits per heavy atom. The number of nitrogens with zero attached hydrogens (tertiary/aromatic N) is 3. The molecule has 8 nitrogen and oxygen atoms in total. The number of hydroxylamine groups is 2. The number of hydrogen-bond donors (Lipinski definition) is 2. The predicted molar refractivity (Wildman–Crippen MR) is 137 cm³/mol. The van der Waals surface area contributed by atoms with Crippen LogP contribution >= 0.6 is 0 Å². The number of nitrogen functional groups attached to an aromatic ring is 2. The van der Waals surface area contributed by atoms with Gasteiger partial charge in [-0.2, -0.15) is 18.2 Å². The average molecular weight is 597 g/mol. The molecule has 4 rings (SSSR count). The second-order valence-corrected chi connectivity index (χ2v) is 6.95. The molecule has 0 saturated carbocycles. The van der Waals surface area contributed by atoms with Crippen molar-refractivity contribution in [1.29, 1.82) is 0 Å². The molecule has 194 valence electrons.